The van der Waals surface area contributed by atoms with Crippen molar-refractivity contribution in [2.45, 2.75) is 12.8 Å². The van der Waals surface area contributed by atoms with Crippen LogP contribution in [0.1, 0.15) is 31.3 Å². The van der Waals surface area contributed by atoms with Gasteiger partial charge in [0.1, 0.15) is 0 Å². The van der Waals surface area contributed by atoms with E-state index in [0.717, 1.165) is 24.2 Å². The molecule has 2 heterocycles. The normalized spacial score (nSPS) is 10.1. The minimum absolute atomic E-state index is 0.175. The Labute approximate surface area is 126 Å². The van der Waals surface area contributed by atoms with Gasteiger partial charge < -0.3 is 5.32 Å². The number of aryl methyl sites for hydroxylation is 1. The second-order valence-corrected chi connectivity index (χ2v) is 5.44. The summed E-state index contributed by atoms with van der Waals surface area (Å²) in [6, 6.07) is 7.11. The van der Waals surface area contributed by atoms with Crippen molar-refractivity contribution in [2.24, 2.45) is 5.84 Å². The number of nitrogens with one attached hydrogen (secondary N) is 2. The number of carbonyl (C=O) groups excluding carboxylic acids is 2. The summed E-state index contributed by atoms with van der Waals surface area (Å²) in [6.07, 6.45) is 5.23. The summed E-state index contributed by atoms with van der Waals surface area (Å²) in [5, 5.41) is 2.83. The molecule has 21 heavy (non-hydrogen) atoms. The Morgan fingerprint density at radius 3 is 2.43 bits per heavy atom. The first-order valence-electron chi connectivity index (χ1n) is 6.48. The van der Waals surface area contributed by atoms with E-state index in [1.807, 2.05) is 17.6 Å². The molecule has 2 rings (SSSR count). The van der Waals surface area contributed by atoms with E-state index < -0.39 is 5.91 Å². The number of nitrogens with two attached hydrogens (primary N) is 1. The van der Waals surface area contributed by atoms with Crippen molar-refractivity contribution in [3.63, 3.8) is 0 Å². The van der Waals surface area contributed by atoms with Gasteiger partial charge in [0.15, 0.2) is 0 Å². The van der Waals surface area contributed by atoms with Crippen molar-refractivity contribution in [3.05, 3.63) is 52.0 Å². The van der Waals surface area contributed by atoms with Crippen molar-refractivity contribution in [2.75, 3.05) is 6.54 Å². The number of nitrogen functional groups attached to an aromatic ring is 1. The van der Waals surface area contributed by atoms with Crippen LogP contribution in [0.25, 0.3) is 0 Å². The quantitative estimate of drug-likeness (QED) is 0.322. The predicted molar refractivity (Wildman–Crippen MR) is 80.9 cm³/mol. The summed E-state index contributed by atoms with van der Waals surface area (Å²) < 4.78 is 0. The number of nitrogens with zero attached hydrogens (tertiary/aromatic N) is 1. The van der Waals surface area contributed by atoms with E-state index >= 15 is 0 Å². The molecule has 0 atom stereocenters. The summed E-state index contributed by atoms with van der Waals surface area (Å²) in [7, 11) is 0. The SMILES string of the molecule is NNC(=O)c1ccc(C(=O)NCCCc2ccncc2)s1. The molecule has 0 aliphatic heterocycles. The molecule has 7 heteroatoms. The monoisotopic (exact) mass is 304 g/mol. The van der Waals surface area contributed by atoms with Gasteiger partial charge in [0.2, 0.25) is 0 Å². The average Bonchev–Trinajstić information content (AvgIpc) is 3.01. The lowest BCUT2D eigenvalue weighted by Gasteiger charge is -2.03. The molecule has 2 amide bonds. The van der Waals surface area contributed by atoms with Crippen LogP contribution in [0, 0.1) is 0 Å². The van der Waals surface area contributed by atoms with Crippen molar-refractivity contribution >= 4 is 23.2 Å². The molecule has 0 saturated heterocycles. The molecule has 4 N–H and O–H groups in total. The van der Waals surface area contributed by atoms with Crippen LogP contribution < -0.4 is 16.6 Å². The van der Waals surface area contributed by atoms with Crippen LogP contribution in [0.5, 0.6) is 0 Å². The number of thiophene rings is 1. The summed E-state index contributed by atoms with van der Waals surface area (Å²) >= 11 is 1.12. The topological polar surface area (TPSA) is 97.1 Å². The van der Waals surface area contributed by atoms with E-state index in [9.17, 15) is 9.59 Å². The third-order valence-electron chi connectivity index (χ3n) is 2.86. The van der Waals surface area contributed by atoms with Crippen molar-refractivity contribution in [1.82, 2.24) is 15.7 Å². The summed E-state index contributed by atoms with van der Waals surface area (Å²) in [5.41, 5.74) is 3.23. The third-order valence-corrected chi connectivity index (χ3v) is 3.94. The van der Waals surface area contributed by atoms with Gasteiger partial charge in [-0.25, -0.2) is 5.84 Å². The molecule has 0 fully saturated rings. The molecule has 0 aliphatic carbocycles. The van der Waals surface area contributed by atoms with Gasteiger partial charge in [0, 0.05) is 18.9 Å². The fourth-order valence-corrected chi connectivity index (χ4v) is 2.61. The number of pyridine rings is 1. The maximum Gasteiger partial charge on any atom is 0.275 e. The Morgan fingerprint density at radius 2 is 1.76 bits per heavy atom. The molecule has 110 valence electrons. The van der Waals surface area contributed by atoms with Gasteiger partial charge in [0.05, 0.1) is 9.75 Å². The molecular formula is C14H16N4O2S. The maximum absolute atomic E-state index is 11.9. The van der Waals surface area contributed by atoms with E-state index in [4.69, 9.17) is 5.84 Å². The first-order valence-corrected chi connectivity index (χ1v) is 7.30. The standard InChI is InChI=1S/C14H16N4O2S/c15-18-14(20)12-4-3-11(21-12)13(19)17-7-1-2-10-5-8-16-9-6-10/h3-6,8-9H,1-2,7,15H2,(H,17,19)(H,18,20). The van der Waals surface area contributed by atoms with E-state index in [0.29, 0.717) is 16.3 Å². The second kappa shape index (κ2) is 7.51. The van der Waals surface area contributed by atoms with Crippen LogP contribution in [-0.2, 0) is 6.42 Å². The minimum atomic E-state index is -0.392. The summed E-state index contributed by atoms with van der Waals surface area (Å²) in [4.78, 5) is 28.1. The molecule has 0 aromatic carbocycles. The van der Waals surface area contributed by atoms with E-state index in [2.05, 4.69) is 10.3 Å². The van der Waals surface area contributed by atoms with Gasteiger partial charge in [-0.2, -0.15) is 0 Å². The lowest BCUT2D eigenvalue weighted by atomic mass is 10.1. The molecule has 0 aliphatic rings. The number of amides is 2. The highest BCUT2D eigenvalue weighted by atomic mass is 32.1. The zero-order valence-electron chi connectivity index (χ0n) is 11.3. The Hall–Kier alpha value is -2.25. The number of hydrazine groups is 1. The zero-order valence-corrected chi connectivity index (χ0v) is 12.2. The number of rotatable bonds is 6. The molecule has 0 unspecified atom stereocenters. The molecule has 0 bridgehead atoms. The first kappa shape index (κ1) is 15.1. The van der Waals surface area contributed by atoms with Gasteiger partial charge in [-0.15, -0.1) is 11.3 Å². The van der Waals surface area contributed by atoms with Gasteiger partial charge in [0.25, 0.3) is 11.8 Å². The van der Waals surface area contributed by atoms with E-state index in [1.165, 1.54) is 5.56 Å². The smallest absolute Gasteiger partial charge is 0.275 e. The zero-order chi connectivity index (χ0) is 15.1. The number of aromatic nitrogens is 1. The average molecular weight is 304 g/mol. The van der Waals surface area contributed by atoms with Gasteiger partial charge >= 0.3 is 0 Å². The van der Waals surface area contributed by atoms with Crippen LogP contribution in [0.2, 0.25) is 0 Å². The Morgan fingerprint density at radius 1 is 1.10 bits per heavy atom. The summed E-state index contributed by atoms with van der Waals surface area (Å²) in [5.74, 6) is 4.48. The van der Waals surface area contributed by atoms with Crippen LogP contribution in [-0.4, -0.2) is 23.3 Å². The molecule has 0 radical (unpaired) electrons. The maximum atomic E-state index is 11.9. The Bertz CT molecular complexity index is 612. The van der Waals surface area contributed by atoms with Crippen LogP contribution >= 0.6 is 11.3 Å². The minimum Gasteiger partial charge on any atom is -0.351 e. The van der Waals surface area contributed by atoms with Crippen molar-refractivity contribution in [3.8, 4) is 0 Å². The molecule has 0 saturated carbocycles. The van der Waals surface area contributed by atoms with Crippen molar-refractivity contribution < 1.29 is 9.59 Å². The molecule has 2 aromatic rings. The molecule has 6 nitrogen and oxygen atoms in total. The number of carbonyl (C=O) groups is 2. The van der Waals surface area contributed by atoms with Gasteiger partial charge in [-0.1, -0.05) is 0 Å². The van der Waals surface area contributed by atoms with Crippen LogP contribution in [0.3, 0.4) is 0 Å². The summed E-state index contributed by atoms with van der Waals surface area (Å²) in [6.45, 7) is 0.581. The molecule has 2 aromatic heterocycles. The van der Waals surface area contributed by atoms with Crippen LogP contribution in [0.4, 0.5) is 0 Å². The van der Waals surface area contributed by atoms with E-state index in [-0.39, 0.29) is 5.91 Å². The first-order chi connectivity index (χ1) is 10.2. The van der Waals surface area contributed by atoms with Crippen LogP contribution in [0.15, 0.2) is 36.7 Å². The third kappa shape index (κ3) is 4.37. The second-order valence-electron chi connectivity index (χ2n) is 4.35. The Balaban J connectivity index is 1.77. The fourth-order valence-electron chi connectivity index (χ4n) is 1.78. The lowest BCUT2D eigenvalue weighted by molar-refractivity contribution is 0.0951. The molecular weight excluding hydrogens is 288 g/mol. The predicted octanol–water partition coefficient (Wildman–Crippen LogP) is 1.11. The highest BCUT2D eigenvalue weighted by Crippen LogP contribution is 2.16. The largest absolute Gasteiger partial charge is 0.351 e. The van der Waals surface area contributed by atoms with E-state index in [1.54, 1.807) is 24.5 Å². The highest BCUT2D eigenvalue weighted by Gasteiger charge is 2.12. The van der Waals surface area contributed by atoms with Crippen molar-refractivity contribution in [1.29, 1.82) is 0 Å². The fraction of sp³-hybridized carbons (Fsp3) is 0.214. The number of hydrogen-bond acceptors (Lipinski definition) is 5. The van der Waals surface area contributed by atoms with Gasteiger partial charge in [-0.05, 0) is 42.7 Å². The van der Waals surface area contributed by atoms with Gasteiger partial charge in [-0.3, -0.25) is 20.0 Å². The lowest BCUT2D eigenvalue weighted by Crippen LogP contribution is -2.29. The highest BCUT2D eigenvalue weighted by molar-refractivity contribution is 7.15. The molecule has 0 spiro atoms. The Kier molecular flexibility index (Phi) is 5.42. The number of hydrogen-bond donors (Lipinski definition) is 3.